The highest BCUT2D eigenvalue weighted by Crippen LogP contribution is 2.34. The summed E-state index contributed by atoms with van der Waals surface area (Å²) in [5, 5.41) is 10.4. The van der Waals surface area contributed by atoms with Crippen molar-refractivity contribution in [3.8, 4) is 11.3 Å². The summed E-state index contributed by atoms with van der Waals surface area (Å²) < 4.78 is 13.1. The molecule has 0 bridgehead atoms. The van der Waals surface area contributed by atoms with Gasteiger partial charge in [0.2, 0.25) is 0 Å². The molecule has 5 heteroatoms. The Hall–Kier alpha value is -2.33. The zero-order valence-electron chi connectivity index (χ0n) is 10.9. The fourth-order valence-electron chi connectivity index (χ4n) is 2.44. The third-order valence-electron chi connectivity index (χ3n) is 3.35. The van der Waals surface area contributed by atoms with Gasteiger partial charge in [-0.15, -0.1) is 0 Å². The normalized spacial score (nSPS) is 11.0. The monoisotopic (exact) mass is 303 g/mol. The molecule has 0 unspecified atom stereocenters. The summed E-state index contributed by atoms with van der Waals surface area (Å²) in [5.41, 5.74) is 2.71. The number of aromatic nitrogens is 1. The van der Waals surface area contributed by atoms with Gasteiger partial charge in [-0.05, 0) is 41.5 Å². The quantitative estimate of drug-likeness (QED) is 0.760. The van der Waals surface area contributed by atoms with Crippen molar-refractivity contribution in [3.05, 3.63) is 58.9 Å². The van der Waals surface area contributed by atoms with Crippen LogP contribution in [0.2, 0.25) is 5.02 Å². The minimum atomic E-state index is -0.931. The molecule has 3 aromatic rings. The van der Waals surface area contributed by atoms with Crippen LogP contribution in [0.5, 0.6) is 0 Å². The molecule has 2 aromatic carbocycles. The number of carbonyl (C=O) groups is 1. The zero-order valence-corrected chi connectivity index (χ0v) is 11.6. The molecule has 2 N–H and O–H groups in total. The second-order valence-electron chi connectivity index (χ2n) is 4.72. The predicted octanol–water partition coefficient (Wildman–Crippen LogP) is 4.25. The van der Waals surface area contributed by atoms with Gasteiger partial charge in [-0.1, -0.05) is 23.7 Å². The molecule has 3 nitrogen and oxygen atoms in total. The largest absolute Gasteiger partial charge is 0.481 e. The molecule has 0 spiro atoms. The number of rotatable bonds is 3. The van der Waals surface area contributed by atoms with Gasteiger partial charge >= 0.3 is 5.97 Å². The number of halogens is 2. The standard InChI is InChI=1S/C16H11ClFNO2/c17-13-3-1-2-11-12(8-14(20)21)15(19-16(11)13)9-4-6-10(18)7-5-9/h1-7,19H,8H2,(H,20,21). The number of fused-ring (bicyclic) bond motifs is 1. The Balaban J connectivity index is 2.27. The summed E-state index contributed by atoms with van der Waals surface area (Å²) in [6.45, 7) is 0. The van der Waals surface area contributed by atoms with Gasteiger partial charge in [0.15, 0.2) is 0 Å². The summed E-state index contributed by atoms with van der Waals surface area (Å²) in [6.07, 6.45) is -0.132. The Morgan fingerprint density at radius 2 is 1.90 bits per heavy atom. The van der Waals surface area contributed by atoms with E-state index in [9.17, 15) is 9.18 Å². The number of benzene rings is 2. The van der Waals surface area contributed by atoms with Crippen molar-refractivity contribution in [3.63, 3.8) is 0 Å². The molecule has 0 radical (unpaired) electrons. The van der Waals surface area contributed by atoms with Crippen molar-refractivity contribution in [2.24, 2.45) is 0 Å². The van der Waals surface area contributed by atoms with Crippen molar-refractivity contribution in [2.75, 3.05) is 0 Å². The third kappa shape index (κ3) is 2.50. The van der Waals surface area contributed by atoms with E-state index < -0.39 is 5.97 Å². The third-order valence-corrected chi connectivity index (χ3v) is 3.67. The lowest BCUT2D eigenvalue weighted by Gasteiger charge is -2.03. The van der Waals surface area contributed by atoms with Crippen LogP contribution < -0.4 is 0 Å². The summed E-state index contributed by atoms with van der Waals surface area (Å²) >= 11 is 6.15. The molecule has 21 heavy (non-hydrogen) atoms. The van der Waals surface area contributed by atoms with Crippen LogP contribution in [0.25, 0.3) is 22.2 Å². The molecular weight excluding hydrogens is 293 g/mol. The van der Waals surface area contributed by atoms with Crippen LogP contribution in [0.3, 0.4) is 0 Å². The smallest absolute Gasteiger partial charge is 0.307 e. The molecule has 0 aliphatic heterocycles. The average Bonchev–Trinajstić information content (AvgIpc) is 2.80. The highest BCUT2D eigenvalue weighted by Gasteiger charge is 2.17. The first kappa shape index (κ1) is 13.6. The number of H-pyrrole nitrogens is 1. The van der Waals surface area contributed by atoms with Crippen molar-refractivity contribution in [1.82, 2.24) is 4.98 Å². The Bertz CT molecular complexity index is 824. The first-order valence-electron chi connectivity index (χ1n) is 6.33. The first-order chi connectivity index (χ1) is 10.1. The number of hydrogen-bond acceptors (Lipinski definition) is 1. The van der Waals surface area contributed by atoms with Crippen LogP contribution >= 0.6 is 11.6 Å². The van der Waals surface area contributed by atoms with E-state index in [1.807, 2.05) is 6.07 Å². The van der Waals surface area contributed by atoms with E-state index in [1.165, 1.54) is 12.1 Å². The van der Waals surface area contributed by atoms with E-state index in [4.69, 9.17) is 16.7 Å². The molecule has 0 amide bonds. The van der Waals surface area contributed by atoms with Crippen molar-refractivity contribution in [2.45, 2.75) is 6.42 Å². The highest BCUT2D eigenvalue weighted by atomic mass is 35.5. The van der Waals surface area contributed by atoms with Gasteiger partial charge in [-0.25, -0.2) is 4.39 Å². The maximum absolute atomic E-state index is 13.1. The van der Waals surface area contributed by atoms with Crippen LogP contribution in [0.1, 0.15) is 5.56 Å². The molecular formula is C16H11ClFNO2. The van der Waals surface area contributed by atoms with Crippen LogP contribution in [-0.2, 0) is 11.2 Å². The van der Waals surface area contributed by atoms with Gasteiger partial charge < -0.3 is 10.1 Å². The molecule has 0 fully saturated rings. The van der Waals surface area contributed by atoms with Gasteiger partial charge in [0.25, 0.3) is 0 Å². The fourth-order valence-corrected chi connectivity index (χ4v) is 2.66. The van der Waals surface area contributed by atoms with E-state index in [0.717, 1.165) is 10.9 Å². The van der Waals surface area contributed by atoms with E-state index in [-0.39, 0.29) is 12.2 Å². The molecule has 0 atom stereocenters. The van der Waals surface area contributed by atoms with Gasteiger partial charge in [-0.3, -0.25) is 4.79 Å². The summed E-state index contributed by atoms with van der Waals surface area (Å²) in [7, 11) is 0. The molecule has 0 saturated carbocycles. The molecule has 1 heterocycles. The molecule has 1 aromatic heterocycles. The van der Waals surface area contributed by atoms with Gasteiger partial charge in [0.05, 0.1) is 22.7 Å². The zero-order chi connectivity index (χ0) is 15.0. The van der Waals surface area contributed by atoms with Crippen molar-refractivity contribution < 1.29 is 14.3 Å². The second-order valence-corrected chi connectivity index (χ2v) is 5.13. The Labute approximate surface area is 125 Å². The molecule has 0 saturated heterocycles. The summed E-state index contributed by atoms with van der Waals surface area (Å²) in [6, 6.07) is 11.2. The van der Waals surface area contributed by atoms with E-state index in [1.54, 1.807) is 24.3 Å². The van der Waals surface area contributed by atoms with Crippen LogP contribution in [0.4, 0.5) is 4.39 Å². The summed E-state index contributed by atoms with van der Waals surface area (Å²) in [5.74, 6) is -1.27. The number of aliphatic carboxylic acids is 1. The van der Waals surface area contributed by atoms with Gasteiger partial charge in [0, 0.05) is 5.39 Å². The van der Waals surface area contributed by atoms with Gasteiger partial charge in [0.1, 0.15) is 5.82 Å². The molecule has 3 rings (SSSR count). The van der Waals surface area contributed by atoms with E-state index in [0.29, 0.717) is 21.8 Å². The number of aromatic amines is 1. The number of nitrogens with one attached hydrogen (secondary N) is 1. The molecule has 0 aliphatic rings. The van der Waals surface area contributed by atoms with Gasteiger partial charge in [-0.2, -0.15) is 0 Å². The Morgan fingerprint density at radius 3 is 2.57 bits per heavy atom. The summed E-state index contributed by atoms with van der Waals surface area (Å²) in [4.78, 5) is 14.3. The van der Waals surface area contributed by atoms with E-state index >= 15 is 0 Å². The number of hydrogen-bond donors (Lipinski definition) is 2. The first-order valence-corrected chi connectivity index (χ1v) is 6.71. The minimum Gasteiger partial charge on any atom is -0.481 e. The predicted molar refractivity (Wildman–Crippen MR) is 80.0 cm³/mol. The maximum atomic E-state index is 13.1. The number of carboxylic acids is 1. The lowest BCUT2D eigenvalue weighted by Crippen LogP contribution is -2.00. The SMILES string of the molecule is O=C(O)Cc1c(-c2ccc(F)cc2)[nH]c2c(Cl)cccc12. The minimum absolute atomic E-state index is 0.132. The Kier molecular flexibility index (Phi) is 3.39. The topological polar surface area (TPSA) is 53.1 Å². The highest BCUT2D eigenvalue weighted by molar-refractivity contribution is 6.35. The maximum Gasteiger partial charge on any atom is 0.307 e. The fraction of sp³-hybridized carbons (Fsp3) is 0.0625. The lowest BCUT2D eigenvalue weighted by atomic mass is 10.0. The van der Waals surface area contributed by atoms with Crippen LogP contribution in [-0.4, -0.2) is 16.1 Å². The van der Waals surface area contributed by atoms with Crippen molar-refractivity contribution >= 4 is 28.5 Å². The van der Waals surface area contributed by atoms with Crippen molar-refractivity contribution in [1.29, 1.82) is 0 Å². The second kappa shape index (κ2) is 5.22. The van der Waals surface area contributed by atoms with Crippen LogP contribution in [0.15, 0.2) is 42.5 Å². The lowest BCUT2D eigenvalue weighted by molar-refractivity contribution is -0.136. The molecule has 0 aliphatic carbocycles. The van der Waals surface area contributed by atoms with Crippen LogP contribution in [0, 0.1) is 5.82 Å². The Morgan fingerprint density at radius 1 is 1.19 bits per heavy atom. The van der Waals surface area contributed by atoms with E-state index in [2.05, 4.69) is 4.98 Å². The average molecular weight is 304 g/mol. The molecule has 106 valence electrons. The number of carboxylic acid groups (broad SMARTS) is 1. The number of para-hydroxylation sites is 1.